The number of anilines is 14. The summed E-state index contributed by atoms with van der Waals surface area (Å²) < 4.78 is 279. The first-order chi connectivity index (χ1) is 57.2. The zero-order valence-corrected chi connectivity index (χ0v) is 94.5. The van der Waals surface area contributed by atoms with E-state index in [0.717, 1.165) is 72.8 Å². The molecule has 131 heavy (non-hydrogen) atoms. The van der Waals surface area contributed by atoms with Gasteiger partial charge in [0.1, 0.15) is 40.5 Å². The SMILES string of the molecule is NCCC(O)CO.O=S(=O)([O-])CCNc1nc(Cl)nc(Nc2ccc(C=Cc3ccc(Nc4nc(Cl)nc(NCCS(=O)(=O)[O-])n4)cc3S(=O)(=O)[O-])c(S(=O)(=O)[O-])c2)n1.O=S(=O)([O-])CCNc1nc(NCCC(O)CO)nc(Nc2ccc(C=Cc3ccc(Nc4nc(NCCC(O)CO)nc(NCCS(=O)(=O)[O-])n4)cc3S(=O)(=O)[O-])c(S(=O)(=O)[O-])c2)n1.[Na+].[Na+].[Na+].[Na+].[Na+].[Na+].[Na+].[Na+]. The molecule has 3 unspecified atom stereocenters. The number of nitrogens with zero attached hydrogens (tertiary/aromatic N) is 12. The van der Waals surface area contributed by atoms with E-state index in [4.69, 9.17) is 49.4 Å². The summed E-state index contributed by atoms with van der Waals surface area (Å²) in [4.78, 5) is 44.0. The van der Waals surface area contributed by atoms with E-state index in [1.807, 2.05) is 0 Å². The Bertz CT molecular complexity index is 5740. The number of rotatable bonds is 45. The maximum atomic E-state index is 12.4. The zero-order chi connectivity index (χ0) is 91.5. The first-order valence-electron chi connectivity index (χ1n) is 34.2. The third-order valence-corrected chi connectivity index (χ3v) is 21.4. The normalized spacial score (nSPS) is 12.2. The van der Waals surface area contributed by atoms with Crippen LogP contribution in [0.25, 0.3) is 24.3 Å². The zero-order valence-electron chi connectivity index (χ0n) is 70.4. The molecule has 4 aromatic carbocycles. The van der Waals surface area contributed by atoms with Crippen molar-refractivity contribution in [1.82, 2.24) is 59.8 Å². The van der Waals surface area contributed by atoms with E-state index in [2.05, 4.69) is 113 Å². The summed E-state index contributed by atoms with van der Waals surface area (Å²) in [6.07, 6.45) is 2.01. The van der Waals surface area contributed by atoms with Crippen LogP contribution in [-0.4, -0.2) is 301 Å². The van der Waals surface area contributed by atoms with Gasteiger partial charge in [0.05, 0.1) is 121 Å². The summed E-state index contributed by atoms with van der Waals surface area (Å²) in [6.45, 7) is -2.30. The Labute approximate surface area is 937 Å². The van der Waals surface area contributed by atoms with Crippen molar-refractivity contribution in [2.75, 3.05) is 142 Å². The van der Waals surface area contributed by atoms with Crippen LogP contribution in [0.1, 0.15) is 41.5 Å². The minimum absolute atomic E-state index is 0. The Morgan fingerprint density at radius 2 is 0.481 bits per heavy atom. The van der Waals surface area contributed by atoms with Crippen LogP contribution in [0.15, 0.2) is 92.4 Å². The molecule has 18 N–H and O–H groups in total. The van der Waals surface area contributed by atoms with Gasteiger partial charge in [0.2, 0.25) is 70.1 Å². The second-order valence-electron chi connectivity index (χ2n) is 24.4. The van der Waals surface area contributed by atoms with Crippen LogP contribution >= 0.6 is 23.2 Å². The van der Waals surface area contributed by atoms with E-state index >= 15 is 0 Å². The quantitative estimate of drug-likeness (QED) is 0.00957. The predicted octanol–water partition coefficient (Wildman–Crippen LogP) is -26.8. The maximum absolute atomic E-state index is 12.4. The molecule has 71 heteroatoms. The fraction of sp³-hybridized carbons (Fsp3) is 0.333. The number of aromatic nitrogens is 12. The molecule has 8 rings (SSSR count). The third-order valence-electron chi connectivity index (χ3n) is 14.7. The van der Waals surface area contributed by atoms with Gasteiger partial charge in [-0.15, -0.1) is 0 Å². The Kier molecular flexibility index (Phi) is 63.3. The van der Waals surface area contributed by atoms with Gasteiger partial charge < -0.3 is 126 Å². The van der Waals surface area contributed by atoms with Gasteiger partial charge >= 0.3 is 236 Å². The fourth-order valence-corrected chi connectivity index (χ4v) is 13.7. The minimum atomic E-state index is -5.27. The van der Waals surface area contributed by atoms with Crippen molar-refractivity contribution in [1.29, 1.82) is 0 Å². The molecule has 0 saturated heterocycles. The molecule has 0 amide bonds. The number of benzene rings is 4. The molecule has 3 atom stereocenters. The van der Waals surface area contributed by atoms with Gasteiger partial charge in [-0.3, -0.25) is 0 Å². The van der Waals surface area contributed by atoms with Gasteiger partial charge in [-0.05, 0) is 120 Å². The second kappa shape index (κ2) is 62.3. The number of nitrogens with one attached hydrogen (secondary N) is 10. The molecule has 53 nitrogen and oxygen atoms in total. The molecule has 4 aromatic heterocycles. The van der Waals surface area contributed by atoms with Gasteiger partial charge in [0, 0.05) is 62.0 Å². The van der Waals surface area contributed by atoms with Crippen molar-refractivity contribution in [2.24, 2.45) is 5.73 Å². The Balaban J connectivity index is -0.00000223. The molecule has 0 aliphatic heterocycles. The van der Waals surface area contributed by atoms with Gasteiger partial charge in [-0.2, -0.15) is 59.8 Å². The molecule has 4 heterocycles. The Hall–Kier alpha value is -2.02. The number of hydrogen-bond acceptors (Lipinski definition) is 53. The monoisotopic (exact) mass is 2100 g/mol. The van der Waals surface area contributed by atoms with E-state index in [1.54, 1.807) is 0 Å². The van der Waals surface area contributed by atoms with Crippen molar-refractivity contribution in [2.45, 2.75) is 57.2 Å². The Morgan fingerprint density at radius 3 is 0.672 bits per heavy atom. The van der Waals surface area contributed by atoms with Crippen LogP contribution in [0.5, 0.6) is 0 Å². The van der Waals surface area contributed by atoms with E-state index in [9.17, 15) is 114 Å². The minimum Gasteiger partial charge on any atom is -0.748 e. The molecule has 676 valence electrons. The molecule has 0 saturated carbocycles. The topological polar surface area (TPSA) is 880 Å². The van der Waals surface area contributed by atoms with Crippen LogP contribution in [0.3, 0.4) is 0 Å². The predicted molar refractivity (Wildman–Crippen MR) is 429 cm³/mol. The molecule has 0 radical (unpaired) electrons. The van der Waals surface area contributed by atoms with E-state index < -0.39 is 168 Å². The summed E-state index contributed by atoms with van der Waals surface area (Å²) in [6, 6.07) is 13.3. The smallest absolute Gasteiger partial charge is 0.748 e. The standard InChI is InChI=1S/C32H44N12O16S4.C24H24Cl2N10O12S4.C4H11NO2.8Na/c45-17-23(47)7-9-33-27-39-29(35-11-13-61(49,50)51)43-31(41-27)37-21-5-3-19(25(15-21)63(55,56)57)1-2-20-4-6-22(16-26(20)64(58,59)60)38-32-42-28(34-10-8-24(48)18-46)40-30(44-32)36-12-14-62(52,53)54;25-19-31-21(27-7-9-49(37,38)39)35-23(33-19)29-15-5-3-13(17(11-15)51(43,44)45)1-2-14-4-6-16(12-18(14)52(46,47)48)30-24-34-20(26)32-22(36-24)28-8-10-50(40,41)42;5-2-1-4(7)3-6;;;;;;;;/h1-6,15-16,23-24,45-48H,7-14,17-18H2,(H,49,50,51)(H,52,53,54)(H,55,56,57)(H,58,59,60)(H3,33,35,37,39,41,43)(H3,34,36,38,40,42,44);1-6,11-12H,7-10H2,(H,37,38,39)(H,40,41,42)(H,43,44,45)(H,46,47,48)(H2,27,29,31,33,35)(H2,28,30,32,34,36);4,6-7H,1-3,5H2;;;;;;;;/q;;;8*+1/p-8. The summed E-state index contributed by atoms with van der Waals surface area (Å²) in [7, 11) is -39.2. The average molecular weight is 2110 g/mol. The number of aliphatic hydroxyl groups excluding tert-OH is 6. The van der Waals surface area contributed by atoms with Gasteiger partial charge in [-0.25, -0.2) is 67.3 Å². The third kappa shape index (κ3) is 52.3. The first-order valence-corrected chi connectivity index (χ1v) is 46.9. The van der Waals surface area contributed by atoms with Crippen molar-refractivity contribution in [3.8, 4) is 0 Å². The number of halogens is 2. The molecule has 0 spiro atoms. The summed E-state index contributed by atoms with van der Waals surface area (Å²) in [5.41, 5.74) is 3.79. The van der Waals surface area contributed by atoms with Crippen LogP contribution in [0, 0.1) is 0 Å². The summed E-state index contributed by atoms with van der Waals surface area (Å²) in [5, 5.41) is 79.3. The van der Waals surface area contributed by atoms with Gasteiger partial charge in [0.15, 0.2) is 0 Å². The Morgan fingerprint density at radius 1 is 0.298 bits per heavy atom. The maximum Gasteiger partial charge on any atom is 1.00 e. The van der Waals surface area contributed by atoms with E-state index in [1.165, 1.54) is 24.3 Å². The molecular formula is C60H71Cl2N23Na8O30S8. The number of hydrogen-bond donors (Lipinski definition) is 17. The van der Waals surface area contributed by atoms with E-state index in [0.29, 0.717) is 13.0 Å². The van der Waals surface area contributed by atoms with E-state index in [-0.39, 0.29) is 397 Å². The van der Waals surface area contributed by atoms with Crippen LogP contribution < -0.4 is 295 Å². The van der Waals surface area contributed by atoms with Crippen molar-refractivity contribution in [3.63, 3.8) is 0 Å². The fourth-order valence-electron chi connectivity index (χ4n) is 9.21. The summed E-state index contributed by atoms with van der Waals surface area (Å²) >= 11 is 11.7. The van der Waals surface area contributed by atoms with Crippen LogP contribution in [-0.2, 0) is 80.9 Å². The van der Waals surface area contributed by atoms with Crippen molar-refractivity contribution in [3.05, 3.63) is 106 Å². The van der Waals surface area contributed by atoms with Crippen molar-refractivity contribution >= 4 is 211 Å². The van der Waals surface area contributed by atoms with Crippen LogP contribution in [0.2, 0.25) is 10.6 Å². The van der Waals surface area contributed by atoms with Gasteiger partial charge in [0.25, 0.3) is 0 Å². The summed E-state index contributed by atoms with van der Waals surface area (Å²) in [5.74, 6) is -5.62. The van der Waals surface area contributed by atoms with Gasteiger partial charge in [-0.1, -0.05) is 48.6 Å². The van der Waals surface area contributed by atoms with Crippen LogP contribution in [0.4, 0.5) is 82.2 Å². The molecule has 8 aromatic rings. The average Bonchev–Trinajstić information content (AvgIpc) is 0.799. The first kappa shape index (κ1) is 133. The number of aliphatic hydroxyl groups is 6. The molecule has 0 aliphatic carbocycles. The number of nitrogens with two attached hydrogens (primary N) is 1. The molecule has 0 bridgehead atoms. The molecule has 0 fully saturated rings. The second-order valence-corrected chi connectivity index (χ2v) is 36.5. The molecular weight excluding hydrogens is 2030 g/mol. The van der Waals surface area contributed by atoms with Crippen molar-refractivity contribution < 1.29 is 371 Å². The largest absolute Gasteiger partial charge is 1.00 e. The molecule has 0 aliphatic rings.